The van der Waals surface area contributed by atoms with Crippen LogP contribution in [0.2, 0.25) is 0 Å². The highest BCUT2D eigenvalue weighted by Crippen LogP contribution is 2.49. The highest BCUT2D eigenvalue weighted by Gasteiger charge is 2.51. The number of phenols is 1. The van der Waals surface area contributed by atoms with Gasteiger partial charge in [0.05, 0.1) is 11.7 Å². The van der Waals surface area contributed by atoms with Crippen LogP contribution in [-0.2, 0) is 11.3 Å². The number of piperazine rings is 1. The molecule has 3 aliphatic rings. The van der Waals surface area contributed by atoms with Crippen LogP contribution in [0.1, 0.15) is 34.8 Å². The topological polar surface area (TPSA) is 80.8 Å². The van der Waals surface area contributed by atoms with Gasteiger partial charge in [-0.3, -0.25) is 4.79 Å². The fraction of sp³-hybridized carbons (Fsp3) is 0.233. The Hall–Kier alpha value is -4.39. The zero-order chi connectivity index (χ0) is 25.3. The molecule has 2 atom stereocenters. The number of aryl methyl sites for hydroxylation is 2. The summed E-state index contributed by atoms with van der Waals surface area (Å²) < 4.78 is 6.64. The van der Waals surface area contributed by atoms with Crippen molar-refractivity contribution in [2.75, 3.05) is 11.9 Å². The van der Waals surface area contributed by atoms with Crippen LogP contribution in [0.3, 0.4) is 0 Å². The summed E-state index contributed by atoms with van der Waals surface area (Å²) in [5, 5.41) is 14.4. The maximum absolute atomic E-state index is 13.8. The first-order valence-corrected chi connectivity index (χ1v) is 12.7. The van der Waals surface area contributed by atoms with Crippen molar-refractivity contribution in [2.45, 2.75) is 38.9 Å². The fourth-order valence-corrected chi connectivity index (χ4v) is 6.05. The van der Waals surface area contributed by atoms with E-state index in [0.29, 0.717) is 19.5 Å². The van der Waals surface area contributed by atoms with E-state index in [9.17, 15) is 9.90 Å². The number of ether oxygens (including phenoxy) is 1. The molecule has 1 amide bonds. The molecular formula is C30H28N4O3. The molecule has 1 saturated heterocycles. The van der Waals surface area contributed by atoms with Crippen LogP contribution < -0.4 is 10.1 Å². The van der Waals surface area contributed by atoms with Gasteiger partial charge in [-0.05, 0) is 66.9 Å². The molecule has 3 aliphatic heterocycles. The summed E-state index contributed by atoms with van der Waals surface area (Å²) in [6.07, 6.45) is 0.507. The molecule has 1 fully saturated rings. The molecule has 7 rings (SSSR count). The van der Waals surface area contributed by atoms with Crippen molar-refractivity contribution >= 4 is 22.5 Å². The minimum Gasteiger partial charge on any atom is -0.508 e. The molecule has 0 aliphatic carbocycles. The Labute approximate surface area is 215 Å². The Morgan fingerprint density at radius 3 is 2.57 bits per heavy atom. The maximum atomic E-state index is 13.8. The second-order valence-electron chi connectivity index (χ2n) is 10.3. The number of amides is 1. The van der Waals surface area contributed by atoms with E-state index in [1.54, 1.807) is 12.1 Å². The number of carbonyl (C=O) groups excluding carboxylic acids is 1. The van der Waals surface area contributed by atoms with Crippen LogP contribution in [0.25, 0.3) is 10.9 Å². The number of nitrogens with one attached hydrogen (secondary N) is 2. The van der Waals surface area contributed by atoms with Crippen LogP contribution in [0, 0.1) is 13.8 Å². The number of para-hydroxylation sites is 1. The number of aromatic amines is 1. The van der Waals surface area contributed by atoms with Crippen molar-refractivity contribution in [3.63, 3.8) is 0 Å². The van der Waals surface area contributed by atoms with E-state index in [-0.39, 0.29) is 23.7 Å². The van der Waals surface area contributed by atoms with E-state index < -0.39 is 0 Å². The van der Waals surface area contributed by atoms with Crippen LogP contribution in [-0.4, -0.2) is 38.4 Å². The molecule has 2 bridgehead atoms. The minimum atomic E-state index is -0.348. The van der Waals surface area contributed by atoms with Gasteiger partial charge in [-0.1, -0.05) is 30.3 Å². The van der Waals surface area contributed by atoms with Crippen molar-refractivity contribution in [1.29, 1.82) is 0 Å². The number of fused-ring (bicyclic) bond motifs is 4. The Bertz CT molecular complexity index is 1570. The Morgan fingerprint density at radius 2 is 1.78 bits per heavy atom. The molecule has 0 radical (unpaired) electrons. The van der Waals surface area contributed by atoms with E-state index in [4.69, 9.17) is 4.74 Å². The molecule has 37 heavy (non-hydrogen) atoms. The number of hydrogen-bond acceptors (Lipinski definition) is 5. The normalized spacial score (nSPS) is 20.2. The quantitative estimate of drug-likeness (QED) is 0.359. The van der Waals surface area contributed by atoms with E-state index in [0.717, 1.165) is 45.2 Å². The lowest BCUT2D eigenvalue weighted by molar-refractivity contribution is -0.143. The molecule has 3 aromatic carbocycles. The zero-order valence-electron chi connectivity index (χ0n) is 20.8. The molecule has 3 N–H and O–H groups in total. The van der Waals surface area contributed by atoms with E-state index >= 15 is 0 Å². The minimum absolute atomic E-state index is 0.0854. The average molecular weight is 493 g/mol. The van der Waals surface area contributed by atoms with Gasteiger partial charge in [0.2, 0.25) is 5.91 Å². The number of hydrogen-bond donors (Lipinski definition) is 3. The lowest BCUT2D eigenvalue weighted by atomic mass is 10.0. The number of phenolic OH excluding ortho intramolecular Hbond substituents is 1. The lowest BCUT2D eigenvalue weighted by Crippen LogP contribution is -2.56. The highest BCUT2D eigenvalue weighted by molar-refractivity contribution is 5.90. The van der Waals surface area contributed by atoms with E-state index in [1.165, 1.54) is 11.1 Å². The SMILES string of the molecule is Cc1cc(C)cc(NC2=C3C[C@H]4C(=O)N(Cc5ccc(O)cc5)C[C@@H](c5[nH]c6ccccc6c5O3)N24)c1. The summed E-state index contributed by atoms with van der Waals surface area (Å²) in [7, 11) is 0. The van der Waals surface area contributed by atoms with Gasteiger partial charge >= 0.3 is 0 Å². The monoisotopic (exact) mass is 492 g/mol. The van der Waals surface area contributed by atoms with Crippen molar-refractivity contribution in [3.05, 3.63) is 101 Å². The molecule has 4 aromatic rings. The van der Waals surface area contributed by atoms with E-state index in [2.05, 4.69) is 59.4 Å². The molecule has 7 nitrogen and oxygen atoms in total. The number of aromatic hydroxyl groups is 1. The first-order chi connectivity index (χ1) is 17.9. The van der Waals surface area contributed by atoms with Crippen LogP contribution in [0.5, 0.6) is 11.5 Å². The smallest absolute Gasteiger partial charge is 0.246 e. The second-order valence-corrected chi connectivity index (χ2v) is 10.3. The number of benzene rings is 3. The summed E-state index contributed by atoms with van der Waals surface area (Å²) >= 11 is 0. The summed E-state index contributed by atoms with van der Waals surface area (Å²) in [6.45, 7) is 5.19. The number of aromatic nitrogens is 1. The second kappa shape index (κ2) is 8.06. The van der Waals surface area contributed by atoms with Crippen LogP contribution in [0.15, 0.2) is 78.3 Å². The summed E-state index contributed by atoms with van der Waals surface area (Å²) in [5.41, 5.74) is 6.35. The van der Waals surface area contributed by atoms with Crippen LogP contribution >= 0.6 is 0 Å². The van der Waals surface area contributed by atoms with Gasteiger partial charge < -0.3 is 29.9 Å². The fourth-order valence-electron chi connectivity index (χ4n) is 6.05. The number of carbonyl (C=O) groups is 1. The Morgan fingerprint density at radius 1 is 1.03 bits per heavy atom. The third-order valence-electron chi connectivity index (χ3n) is 7.60. The molecule has 1 aromatic heterocycles. The predicted molar refractivity (Wildman–Crippen MR) is 142 cm³/mol. The van der Waals surface area contributed by atoms with Gasteiger partial charge in [0.25, 0.3) is 0 Å². The number of H-pyrrole nitrogens is 1. The van der Waals surface area contributed by atoms with E-state index in [1.807, 2.05) is 29.2 Å². The third-order valence-corrected chi connectivity index (χ3v) is 7.60. The maximum Gasteiger partial charge on any atom is 0.246 e. The summed E-state index contributed by atoms with van der Waals surface area (Å²) in [6, 6.07) is 21.2. The molecule has 0 unspecified atom stereocenters. The van der Waals surface area contributed by atoms with Crippen LogP contribution in [0.4, 0.5) is 5.69 Å². The Kier molecular flexibility index (Phi) is 4.76. The van der Waals surface area contributed by atoms with Gasteiger partial charge in [-0.15, -0.1) is 0 Å². The van der Waals surface area contributed by atoms with Crippen molar-refractivity contribution < 1.29 is 14.6 Å². The average Bonchev–Trinajstić information content (AvgIpc) is 3.37. The number of rotatable bonds is 4. The van der Waals surface area contributed by atoms with Gasteiger partial charge in [-0.25, -0.2) is 0 Å². The van der Waals surface area contributed by atoms with Gasteiger partial charge in [0.1, 0.15) is 23.4 Å². The van der Waals surface area contributed by atoms with Gasteiger partial charge in [0, 0.05) is 36.1 Å². The van der Waals surface area contributed by atoms with Gasteiger partial charge in [-0.2, -0.15) is 0 Å². The van der Waals surface area contributed by atoms with Crippen molar-refractivity contribution in [1.82, 2.24) is 14.8 Å². The molecule has 4 heterocycles. The molecule has 7 heteroatoms. The van der Waals surface area contributed by atoms with Gasteiger partial charge in [0.15, 0.2) is 5.75 Å². The lowest BCUT2D eigenvalue weighted by Gasteiger charge is -2.44. The largest absolute Gasteiger partial charge is 0.508 e. The summed E-state index contributed by atoms with van der Waals surface area (Å²) in [4.78, 5) is 21.6. The molecule has 0 saturated carbocycles. The number of anilines is 1. The first-order valence-electron chi connectivity index (χ1n) is 12.7. The molecule has 0 spiro atoms. The molecular weight excluding hydrogens is 464 g/mol. The summed E-state index contributed by atoms with van der Waals surface area (Å²) in [5.74, 6) is 2.81. The van der Waals surface area contributed by atoms with Crippen molar-refractivity contribution in [3.8, 4) is 11.5 Å². The highest BCUT2D eigenvalue weighted by atomic mass is 16.5. The third kappa shape index (κ3) is 3.53. The van der Waals surface area contributed by atoms with Crippen molar-refractivity contribution in [2.24, 2.45) is 0 Å². The Balaban J connectivity index is 1.32. The molecule has 186 valence electrons. The predicted octanol–water partition coefficient (Wildman–Crippen LogP) is 5.32. The number of nitrogens with zero attached hydrogens (tertiary/aromatic N) is 2. The first kappa shape index (κ1) is 21.9. The standard InChI is InChI=1S/C30H28N4O3/c1-17-11-18(2)13-20(12-17)31-29-26-14-24-30(36)33(15-19-7-9-21(35)10-8-19)16-25(34(24)29)27-28(37-26)22-5-3-4-6-23(22)32-27/h3-13,24-25,31-32,35H,14-16H2,1-2H3/t24-,25-/m0/s1. The zero-order valence-corrected chi connectivity index (χ0v) is 20.8.